The molecule has 0 aliphatic carbocycles. The van der Waals surface area contributed by atoms with E-state index < -0.39 is 11.2 Å². The van der Waals surface area contributed by atoms with Gasteiger partial charge in [-0.25, -0.2) is 0 Å². The number of hydrogen-bond donors (Lipinski definition) is 1. The second-order valence-electron chi connectivity index (χ2n) is 8.02. The molecule has 31 heavy (non-hydrogen) atoms. The summed E-state index contributed by atoms with van der Waals surface area (Å²) < 4.78 is 0. The normalized spacial score (nSPS) is 17.6. The van der Waals surface area contributed by atoms with Crippen LogP contribution in [0.3, 0.4) is 0 Å². The standard InChI is InChI=1S/C25H27N3O2S/c1-15(2)19-9-7-18(8-10-19)13-22-24(30)28(20-11-6-16(3)17(4)12-20)25(31-22)21(14-26)23(29)27-5/h6-12,15,22H,13H2,1-5H3,(H,27,29)/b25-21-. The Bertz CT molecular complexity index is 1080. The van der Waals surface area contributed by atoms with Crippen molar-refractivity contribution in [2.45, 2.75) is 45.3 Å². The first-order valence-electron chi connectivity index (χ1n) is 10.3. The summed E-state index contributed by atoms with van der Waals surface area (Å²) in [6, 6.07) is 16.0. The fraction of sp³-hybridized carbons (Fsp3) is 0.320. The molecule has 160 valence electrons. The van der Waals surface area contributed by atoms with E-state index >= 15 is 0 Å². The van der Waals surface area contributed by atoms with Crippen LogP contribution < -0.4 is 10.2 Å². The van der Waals surface area contributed by atoms with Crippen molar-refractivity contribution < 1.29 is 9.59 Å². The number of nitrogens with zero attached hydrogens (tertiary/aromatic N) is 2. The minimum absolute atomic E-state index is 0.0447. The van der Waals surface area contributed by atoms with Crippen LogP contribution in [0.2, 0.25) is 0 Å². The van der Waals surface area contributed by atoms with Gasteiger partial charge in [-0.05, 0) is 60.6 Å². The highest BCUT2D eigenvalue weighted by Crippen LogP contribution is 2.42. The van der Waals surface area contributed by atoms with E-state index in [1.165, 1.54) is 29.3 Å². The van der Waals surface area contributed by atoms with Crippen LogP contribution in [0.4, 0.5) is 5.69 Å². The molecule has 3 rings (SSSR count). The van der Waals surface area contributed by atoms with Crippen LogP contribution in [0.25, 0.3) is 0 Å². The van der Waals surface area contributed by atoms with Crippen molar-refractivity contribution in [1.82, 2.24) is 5.32 Å². The van der Waals surface area contributed by atoms with Crippen molar-refractivity contribution >= 4 is 29.3 Å². The van der Waals surface area contributed by atoms with E-state index in [9.17, 15) is 14.9 Å². The topological polar surface area (TPSA) is 73.2 Å². The van der Waals surface area contributed by atoms with E-state index in [-0.39, 0.29) is 11.5 Å². The quantitative estimate of drug-likeness (QED) is 0.552. The molecule has 0 spiro atoms. The number of nitriles is 1. The third-order valence-electron chi connectivity index (χ3n) is 5.55. The summed E-state index contributed by atoms with van der Waals surface area (Å²) in [4.78, 5) is 27.3. The summed E-state index contributed by atoms with van der Waals surface area (Å²) >= 11 is 1.29. The molecule has 2 aromatic rings. The van der Waals surface area contributed by atoms with Gasteiger partial charge in [0.15, 0.2) is 0 Å². The number of aryl methyl sites for hydroxylation is 2. The van der Waals surface area contributed by atoms with Gasteiger partial charge in [0.1, 0.15) is 16.7 Å². The lowest BCUT2D eigenvalue weighted by Crippen LogP contribution is -2.31. The molecule has 1 aliphatic rings. The first-order valence-corrected chi connectivity index (χ1v) is 11.2. The SMILES string of the molecule is CNC(=O)/C(C#N)=C1\SC(Cc2ccc(C(C)C)cc2)C(=O)N1c1ccc(C)c(C)c1. The molecule has 1 unspecified atom stereocenters. The lowest BCUT2D eigenvalue weighted by atomic mass is 10.00. The second-order valence-corrected chi connectivity index (χ2v) is 9.21. The molecule has 0 aromatic heterocycles. The van der Waals surface area contributed by atoms with E-state index in [2.05, 4.69) is 43.4 Å². The van der Waals surface area contributed by atoms with E-state index in [1.54, 1.807) is 0 Å². The number of nitrogens with one attached hydrogen (secondary N) is 1. The van der Waals surface area contributed by atoms with Crippen LogP contribution in [0.5, 0.6) is 0 Å². The van der Waals surface area contributed by atoms with Gasteiger partial charge in [-0.1, -0.05) is 55.9 Å². The van der Waals surface area contributed by atoms with Gasteiger partial charge in [0.2, 0.25) is 5.91 Å². The lowest BCUT2D eigenvalue weighted by molar-refractivity contribution is -0.117. The van der Waals surface area contributed by atoms with Gasteiger partial charge < -0.3 is 5.32 Å². The van der Waals surface area contributed by atoms with Crippen LogP contribution in [-0.2, 0) is 16.0 Å². The zero-order valence-electron chi connectivity index (χ0n) is 18.5. The number of likely N-dealkylation sites (N-methyl/N-ethyl adjacent to an activating group) is 1. The van der Waals surface area contributed by atoms with E-state index in [4.69, 9.17) is 0 Å². The lowest BCUT2D eigenvalue weighted by Gasteiger charge is -2.19. The average Bonchev–Trinajstić information content (AvgIpc) is 3.06. The third-order valence-corrected chi connectivity index (χ3v) is 6.81. The molecule has 0 radical (unpaired) electrons. The van der Waals surface area contributed by atoms with Crippen LogP contribution in [-0.4, -0.2) is 24.1 Å². The zero-order chi connectivity index (χ0) is 22.7. The highest BCUT2D eigenvalue weighted by atomic mass is 32.2. The van der Waals surface area contributed by atoms with E-state index in [0.29, 0.717) is 23.1 Å². The molecule has 1 N–H and O–H groups in total. The Morgan fingerprint density at radius 3 is 2.39 bits per heavy atom. The number of hydrogen-bond acceptors (Lipinski definition) is 4. The van der Waals surface area contributed by atoms with Crippen molar-refractivity contribution in [3.05, 3.63) is 75.3 Å². The van der Waals surface area contributed by atoms with Gasteiger partial charge in [-0.15, -0.1) is 0 Å². The molecule has 1 heterocycles. The number of carbonyl (C=O) groups excluding carboxylic acids is 2. The van der Waals surface area contributed by atoms with Crippen molar-refractivity contribution in [2.24, 2.45) is 0 Å². The number of benzene rings is 2. The predicted octanol–water partition coefficient (Wildman–Crippen LogP) is 4.60. The van der Waals surface area contributed by atoms with Gasteiger partial charge in [-0.2, -0.15) is 5.26 Å². The first-order chi connectivity index (χ1) is 14.8. The summed E-state index contributed by atoms with van der Waals surface area (Å²) in [7, 11) is 1.48. The Kier molecular flexibility index (Phi) is 6.87. The first kappa shape index (κ1) is 22.6. The largest absolute Gasteiger partial charge is 0.354 e. The molecular weight excluding hydrogens is 406 g/mol. The fourth-order valence-corrected chi connectivity index (χ4v) is 4.77. The second kappa shape index (κ2) is 9.40. The smallest absolute Gasteiger partial charge is 0.264 e. The summed E-state index contributed by atoms with van der Waals surface area (Å²) in [5.74, 6) is -0.168. The van der Waals surface area contributed by atoms with Gasteiger partial charge in [0, 0.05) is 12.7 Å². The Morgan fingerprint density at radius 2 is 1.84 bits per heavy atom. The van der Waals surface area contributed by atoms with Crippen LogP contribution in [0, 0.1) is 25.2 Å². The summed E-state index contributed by atoms with van der Waals surface area (Å²) in [5.41, 5.74) is 5.08. The number of rotatable bonds is 5. The fourth-order valence-electron chi connectivity index (χ4n) is 3.46. The molecule has 1 aliphatic heterocycles. The number of thioether (sulfide) groups is 1. The Labute approximate surface area is 188 Å². The molecule has 6 heteroatoms. The molecule has 2 aromatic carbocycles. The molecular formula is C25H27N3O2S. The van der Waals surface area contributed by atoms with Gasteiger partial charge in [-0.3, -0.25) is 14.5 Å². The predicted molar refractivity (Wildman–Crippen MR) is 126 cm³/mol. The van der Waals surface area contributed by atoms with Crippen LogP contribution >= 0.6 is 11.8 Å². The summed E-state index contributed by atoms with van der Waals surface area (Å²) in [5, 5.41) is 12.2. The highest BCUT2D eigenvalue weighted by molar-refractivity contribution is 8.05. The molecule has 5 nitrogen and oxygen atoms in total. The van der Waals surface area contributed by atoms with Crippen LogP contribution in [0.1, 0.15) is 42.0 Å². The molecule has 0 saturated carbocycles. The maximum absolute atomic E-state index is 13.5. The van der Waals surface area contributed by atoms with Gasteiger partial charge in [0.05, 0.1) is 5.25 Å². The summed E-state index contributed by atoms with van der Waals surface area (Å²) in [6.45, 7) is 8.27. The highest BCUT2D eigenvalue weighted by Gasteiger charge is 2.40. The Morgan fingerprint density at radius 1 is 1.16 bits per heavy atom. The number of anilines is 1. The van der Waals surface area contributed by atoms with Crippen molar-refractivity contribution in [3.8, 4) is 6.07 Å². The van der Waals surface area contributed by atoms with Crippen molar-refractivity contribution in [2.75, 3.05) is 11.9 Å². The monoisotopic (exact) mass is 433 g/mol. The maximum Gasteiger partial charge on any atom is 0.264 e. The Balaban J connectivity index is 2.01. The summed E-state index contributed by atoms with van der Waals surface area (Å²) in [6.07, 6.45) is 0.527. The van der Waals surface area contributed by atoms with Gasteiger partial charge in [0.25, 0.3) is 5.91 Å². The third kappa shape index (κ3) is 4.67. The van der Waals surface area contributed by atoms with Crippen LogP contribution in [0.15, 0.2) is 53.1 Å². The maximum atomic E-state index is 13.5. The molecule has 1 atom stereocenters. The average molecular weight is 434 g/mol. The van der Waals surface area contributed by atoms with E-state index in [0.717, 1.165) is 16.7 Å². The zero-order valence-corrected chi connectivity index (χ0v) is 19.3. The number of amides is 2. The Hall–Kier alpha value is -3.04. The minimum atomic E-state index is -0.492. The molecule has 0 bridgehead atoms. The van der Waals surface area contributed by atoms with Crippen molar-refractivity contribution in [3.63, 3.8) is 0 Å². The van der Waals surface area contributed by atoms with Crippen molar-refractivity contribution in [1.29, 1.82) is 5.26 Å². The van der Waals surface area contributed by atoms with Gasteiger partial charge >= 0.3 is 0 Å². The molecule has 1 fully saturated rings. The molecule has 1 saturated heterocycles. The number of carbonyl (C=O) groups is 2. The molecule has 2 amide bonds. The van der Waals surface area contributed by atoms with E-state index in [1.807, 2.05) is 38.1 Å². The minimum Gasteiger partial charge on any atom is -0.354 e.